The van der Waals surface area contributed by atoms with E-state index in [2.05, 4.69) is 0 Å². The van der Waals surface area contributed by atoms with Crippen LogP contribution in [0.15, 0.2) is 72.9 Å². The summed E-state index contributed by atoms with van der Waals surface area (Å²) in [5.41, 5.74) is 2.59. The largest absolute Gasteiger partial charge is 0.507 e. The summed E-state index contributed by atoms with van der Waals surface area (Å²) < 4.78 is 7.15. The summed E-state index contributed by atoms with van der Waals surface area (Å²) in [7, 11) is 1.59. The standard InChI is InChI=1S/C23H19NO4/c1-28-15-10-11-16-19(17-6-2-4-8-21(17)25)13-24(20(16)12-15)14-23(27)18-7-3-5-9-22(18)26/h2-13,25-26H,14H2,1H3. The molecule has 0 aliphatic heterocycles. The molecule has 0 amide bonds. The maximum atomic E-state index is 12.8. The molecule has 0 fully saturated rings. The quantitative estimate of drug-likeness (QED) is 0.501. The van der Waals surface area contributed by atoms with Crippen LogP contribution in [-0.2, 0) is 6.54 Å². The van der Waals surface area contributed by atoms with Gasteiger partial charge in [-0.2, -0.15) is 0 Å². The topological polar surface area (TPSA) is 71.7 Å². The number of nitrogens with zero attached hydrogens (tertiary/aromatic N) is 1. The van der Waals surface area contributed by atoms with Crippen LogP contribution in [0, 0.1) is 0 Å². The van der Waals surface area contributed by atoms with Crippen LogP contribution in [0.25, 0.3) is 22.0 Å². The van der Waals surface area contributed by atoms with Gasteiger partial charge in [0.15, 0.2) is 5.78 Å². The number of hydrogen-bond donors (Lipinski definition) is 2. The predicted molar refractivity (Wildman–Crippen MR) is 108 cm³/mol. The summed E-state index contributed by atoms with van der Waals surface area (Å²) in [6.45, 7) is 0.0504. The number of methoxy groups -OCH3 is 1. The molecule has 0 saturated heterocycles. The molecule has 5 heteroatoms. The van der Waals surface area contributed by atoms with E-state index < -0.39 is 0 Å². The van der Waals surface area contributed by atoms with Crippen molar-refractivity contribution in [3.8, 4) is 28.4 Å². The Kier molecular flexibility index (Phi) is 4.49. The highest BCUT2D eigenvalue weighted by Crippen LogP contribution is 2.37. The number of carbonyl (C=O) groups is 1. The number of carbonyl (C=O) groups excluding carboxylic acids is 1. The molecule has 28 heavy (non-hydrogen) atoms. The summed E-state index contributed by atoms with van der Waals surface area (Å²) in [4.78, 5) is 12.8. The first-order valence-corrected chi connectivity index (χ1v) is 8.85. The summed E-state index contributed by atoms with van der Waals surface area (Å²) >= 11 is 0. The van der Waals surface area contributed by atoms with Crippen molar-refractivity contribution in [2.24, 2.45) is 0 Å². The highest BCUT2D eigenvalue weighted by atomic mass is 16.5. The zero-order valence-electron chi connectivity index (χ0n) is 15.3. The monoisotopic (exact) mass is 373 g/mol. The molecule has 0 aliphatic rings. The molecule has 0 radical (unpaired) electrons. The maximum absolute atomic E-state index is 12.8. The van der Waals surface area contributed by atoms with Gasteiger partial charge in [-0.15, -0.1) is 0 Å². The van der Waals surface area contributed by atoms with E-state index in [1.165, 1.54) is 6.07 Å². The molecule has 1 heterocycles. The van der Waals surface area contributed by atoms with E-state index in [9.17, 15) is 15.0 Å². The Morgan fingerprint density at radius 3 is 2.36 bits per heavy atom. The fourth-order valence-corrected chi connectivity index (χ4v) is 3.39. The Balaban J connectivity index is 1.85. The molecule has 0 atom stereocenters. The normalized spacial score (nSPS) is 10.9. The molecule has 4 rings (SSSR count). The number of phenolic OH excluding ortho intramolecular Hbond substituents is 2. The fourth-order valence-electron chi connectivity index (χ4n) is 3.39. The van der Waals surface area contributed by atoms with E-state index in [0.29, 0.717) is 11.3 Å². The van der Waals surface area contributed by atoms with Crippen LogP contribution in [0.3, 0.4) is 0 Å². The molecule has 0 saturated carbocycles. The van der Waals surface area contributed by atoms with Crippen LogP contribution in [-0.4, -0.2) is 27.7 Å². The van der Waals surface area contributed by atoms with Crippen molar-refractivity contribution in [3.63, 3.8) is 0 Å². The second-order valence-corrected chi connectivity index (χ2v) is 6.51. The zero-order valence-corrected chi connectivity index (χ0v) is 15.3. The number of phenols is 2. The van der Waals surface area contributed by atoms with E-state index >= 15 is 0 Å². The van der Waals surface area contributed by atoms with E-state index in [1.807, 2.05) is 41.1 Å². The van der Waals surface area contributed by atoms with Crippen LogP contribution in [0.4, 0.5) is 0 Å². The number of aromatic hydroxyl groups is 2. The summed E-state index contributed by atoms with van der Waals surface area (Å²) in [5.74, 6) is 0.596. The minimum atomic E-state index is -0.207. The third-order valence-corrected chi connectivity index (χ3v) is 4.80. The van der Waals surface area contributed by atoms with Gasteiger partial charge in [-0.05, 0) is 30.3 Å². The van der Waals surface area contributed by atoms with Crippen molar-refractivity contribution in [2.75, 3.05) is 7.11 Å². The highest BCUT2D eigenvalue weighted by Gasteiger charge is 2.17. The summed E-state index contributed by atoms with van der Waals surface area (Å²) in [6.07, 6.45) is 1.84. The Morgan fingerprint density at radius 2 is 1.64 bits per heavy atom. The number of rotatable bonds is 5. The number of ketones is 1. The zero-order chi connectivity index (χ0) is 19.7. The number of fused-ring (bicyclic) bond motifs is 1. The second-order valence-electron chi connectivity index (χ2n) is 6.51. The van der Waals surface area contributed by atoms with E-state index in [0.717, 1.165) is 16.5 Å². The van der Waals surface area contributed by atoms with Crippen molar-refractivity contribution in [2.45, 2.75) is 6.54 Å². The Hall–Kier alpha value is -3.73. The number of para-hydroxylation sites is 2. The minimum Gasteiger partial charge on any atom is -0.507 e. The van der Waals surface area contributed by atoms with Crippen molar-refractivity contribution < 1.29 is 19.7 Å². The van der Waals surface area contributed by atoms with Gasteiger partial charge >= 0.3 is 0 Å². The van der Waals surface area contributed by atoms with Crippen LogP contribution < -0.4 is 4.74 Å². The lowest BCUT2D eigenvalue weighted by Crippen LogP contribution is -2.09. The molecular formula is C23H19NO4. The third kappa shape index (κ3) is 3.07. The Bertz CT molecular complexity index is 1180. The SMILES string of the molecule is COc1ccc2c(-c3ccccc3O)cn(CC(=O)c3ccccc3O)c2c1. The number of hydrogen-bond acceptors (Lipinski definition) is 4. The van der Waals surface area contributed by atoms with Gasteiger partial charge in [0.25, 0.3) is 0 Å². The number of ether oxygens (including phenoxy) is 1. The molecule has 140 valence electrons. The fraction of sp³-hybridized carbons (Fsp3) is 0.0870. The molecule has 0 aliphatic carbocycles. The number of aromatic nitrogens is 1. The van der Waals surface area contributed by atoms with Gasteiger partial charge in [0, 0.05) is 28.8 Å². The molecule has 4 aromatic rings. The maximum Gasteiger partial charge on any atom is 0.186 e. The smallest absolute Gasteiger partial charge is 0.186 e. The second kappa shape index (κ2) is 7.12. The lowest BCUT2D eigenvalue weighted by molar-refractivity contribution is 0.0971. The van der Waals surface area contributed by atoms with Crippen molar-refractivity contribution in [3.05, 3.63) is 78.5 Å². The molecule has 0 spiro atoms. The van der Waals surface area contributed by atoms with Crippen LogP contribution in [0.5, 0.6) is 17.2 Å². The lowest BCUT2D eigenvalue weighted by atomic mass is 10.0. The first kappa shape index (κ1) is 17.7. The number of Topliss-reactive ketones (excluding diaryl/α,β-unsaturated/α-hetero) is 1. The molecule has 5 nitrogen and oxygen atoms in total. The Morgan fingerprint density at radius 1 is 0.929 bits per heavy atom. The first-order chi connectivity index (χ1) is 13.6. The van der Waals surface area contributed by atoms with Crippen molar-refractivity contribution >= 4 is 16.7 Å². The molecular weight excluding hydrogens is 354 g/mol. The summed E-state index contributed by atoms with van der Waals surface area (Å²) in [5, 5.41) is 21.2. The number of benzene rings is 3. The van der Waals surface area contributed by atoms with Gasteiger partial charge in [0.1, 0.15) is 17.2 Å². The van der Waals surface area contributed by atoms with Crippen molar-refractivity contribution in [1.82, 2.24) is 4.57 Å². The van der Waals surface area contributed by atoms with Crippen molar-refractivity contribution in [1.29, 1.82) is 0 Å². The first-order valence-electron chi connectivity index (χ1n) is 8.85. The van der Waals surface area contributed by atoms with Gasteiger partial charge in [0.05, 0.1) is 24.7 Å². The van der Waals surface area contributed by atoms with E-state index in [-0.39, 0.29) is 29.4 Å². The molecule has 3 aromatic carbocycles. The predicted octanol–water partition coefficient (Wildman–Crippen LogP) is 4.61. The molecule has 0 bridgehead atoms. The van der Waals surface area contributed by atoms with Crippen LogP contribution in [0.2, 0.25) is 0 Å². The van der Waals surface area contributed by atoms with Gasteiger partial charge in [-0.25, -0.2) is 0 Å². The van der Waals surface area contributed by atoms with Crippen LogP contribution in [0.1, 0.15) is 10.4 Å². The average Bonchev–Trinajstić information content (AvgIpc) is 3.06. The molecule has 2 N–H and O–H groups in total. The highest BCUT2D eigenvalue weighted by molar-refractivity contribution is 6.02. The van der Waals surface area contributed by atoms with Gasteiger partial charge in [0.2, 0.25) is 0 Å². The Labute approximate surface area is 162 Å². The van der Waals surface area contributed by atoms with Crippen LogP contribution >= 0.6 is 0 Å². The lowest BCUT2D eigenvalue weighted by Gasteiger charge is -2.07. The van der Waals surface area contributed by atoms with Gasteiger partial charge in [-0.1, -0.05) is 30.3 Å². The van der Waals surface area contributed by atoms with E-state index in [1.54, 1.807) is 37.4 Å². The minimum absolute atomic E-state index is 0.0394. The summed E-state index contributed by atoms with van der Waals surface area (Å²) in [6, 6.07) is 19.2. The molecule has 0 unspecified atom stereocenters. The van der Waals surface area contributed by atoms with E-state index in [4.69, 9.17) is 4.74 Å². The average molecular weight is 373 g/mol. The molecule has 1 aromatic heterocycles. The van der Waals surface area contributed by atoms with Gasteiger partial charge < -0.3 is 19.5 Å². The third-order valence-electron chi connectivity index (χ3n) is 4.80. The van der Waals surface area contributed by atoms with Gasteiger partial charge in [-0.3, -0.25) is 4.79 Å².